The normalized spacial score (nSPS) is 15.5. The van der Waals surface area contributed by atoms with Gasteiger partial charge < -0.3 is 9.84 Å². The molecule has 8 nitrogen and oxygen atoms in total. The maximum absolute atomic E-state index is 13.4. The van der Waals surface area contributed by atoms with E-state index in [-0.39, 0.29) is 29.8 Å². The molecule has 0 bridgehead atoms. The van der Waals surface area contributed by atoms with E-state index in [0.717, 1.165) is 15.7 Å². The number of carbonyl (C=O) groups is 1. The number of anilines is 1. The van der Waals surface area contributed by atoms with E-state index in [4.69, 9.17) is 4.52 Å². The summed E-state index contributed by atoms with van der Waals surface area (Å²) in [6.07, 6.45) is 0.923. The van der Waals surface area contributed by atoms with Crippen LogP contribution in [0, 0.1) is 26.7 Å². The molecule has 1 aromatic heterocycles. The highest BCUT2D eigenvalue weighted by atomic mass is 79.9. The third-order valence-electron chi connectivity index (χ3n) is 5.84. The lowest BCUT2D eigenvalue weighted by Gasteiger charge is -2.31. The number of hydrogen-bond acceptors (Lipinski definition) is 6. The zero-order valence-electron chi connectivity index (χ0n) is 18.6. The minimum atomic E-state index is -3.72. The van der Waals surface area contributed by atoms with Gasteiger partial charge in [0.1, 0.15) is 0 Å². The van der Waals surface area contributed by atoms with Gasteiger partial charge in [-0.25, -0.2) is 8.42 Å². The van der Waals surface area contributed by atoms with Crippen molar-refractivity contribution in [1.29, 1.82) is 0 Å². The number of sulfonamides is 1. The minimum Gasteiger partial charge on any atom is -0.339 e. The number of hydrogen-bond donors (Lipinski definition) is 1. The SMILES string of the molecule is Cc1nc(-c2ccc(C)c(S(=O)(=O)N3CCC(C(=O)Nc4ccc(Br)c(C)c4)CC3)c2)no1. The van der Waals surface area contributed by atoms with Gasteiger partial charge in [-0.1, -0.05) is 33.2 Å². The Balaban J connectivity index is 1.45. The Labute approximate surface area is 201 Å². The number of halogens is 1. The number of piperidine rings is 1. The van der Waals surface area contributed by atoms with Crippen molar-refractivity contribution in [1.82, 2.24) is 14.4 Å². The summed E-state index contributed by atoms with van der Waals surface area (Å²) in [5.41, 5.74) is 2.99. The van der Waals surface area contributed by atoms with Crippen LogP contribution in [0.5, 0.6) is 0 Å². The quantitative estimate of drug-likeness (QED) is 0.519. The maximum Gasteiger partial charge on any atom is 0.243 e. The zero-order chi connectivity index (χ0) is 23.8. The summed E-state index contributed by atoms with van der Waals surface area (Å²) in [7, 11) is -3.72. The van der Waals surface area contributed by atoms with Crippen molar-refractivity contribution >= 4 is 37.5 Å². The summed E-state index contributed by atoms with van der Waals surface area (Å²) in [4.78, 5) is 17.1. The van der Waals surface area contributed by atoms with Gasteiger partial charge in [0, 0.05) is 41.7 Å². The molecule has 2 aromatic carbocycles. The third-order valence-corrected chi connectivity index (χ3v) is 8.77. The third kappa shape index (κ3) is 5.02. The number of nitrogens with one attached hydrogen (secondary N) is 1. The number of carbonyl (C=O) groups excluding carboxylic acids is 1. The Morgan fingerprint density at radius 1 is 1.09 bits per heavy atom. The molecule has 1 amide bonds. The average molecular weight is 533 g/mol. The fraction of sp³-hybridized carbons (Fsp3) is 0.348. The molecule has 1 aliphatic rings. The van der Waals surface area contributed by atoms with Gasteiger partial charge in [-0.15, -0.1) is 0 Å². The molecule has 0 saturated carbocycles. The lowest BCUT2D eigenvalue weighted by molar-refractivity contribution is -0.120. The van der Waals surface area contributed by atoms with E-state index in [1.54, 1.807) is 32.0 Å². The Hall–Kier alpha value is -2.56. The van der Waals surface area contributed by atoms with E-state index in [9.17, 15) is 13.2 Å². The van der Waals surface area contributed by atoms with Gasteiger partial charge in [0.05, 0.1) is 4.90 Å². The van der Waals surface area contributed by atoms with Gasteiger partial charge in [-0.3, -0.25) is 4.79 Å². The Morgan fingerprint density at radius 3 is 2.45 bits per heavy atom. The van der Waals surface area contributed by atoms with E-state index in [1.165, 1.54) is 4.31 Å². The molecule has 2 heterocycles. The first-order valence-corrected chi connectivity index (χ1v) is 12.9. The second-order valence-electron chi connectivity index (χ2n) is 8.25. The van der Waals surface area contributed by atoms with E-state index in [2.05, 4.69) is 31.4 Å². The lowest BCUT2D eigenvalue weighted by atomic mass is 9.97. The van der Waals surface area contributed by atoms with Crippen LogP contribution in [0.25, 0.3) is 11.4 Å². The Bertz CT molecular complexity index is 1300. The predicted molar refractivity (Wildman–Crippen MR) is 128 cm³/mol. The summed E-state index contributed by atoms with van der Waals surface area (Å²) in [6.45, 7) is 5.97. The highest BCUT2D eigenvalue weighted by Crippen LogP contribution is 2.29. The summed E-state index contributed by atoms with van der Waals surface area (Å²) >= 11 is 3.45. The van der Waals surface area contributed by atoms with Crippen molar-refractivity contribution in [3.05, 3.63) is 57.9 Å². The summed E-state index contributed by atoms with van der Waals surface area (Å²) in [5.74, 6) is 0.436. The largest absolute Gasteiger partial charge is 0.339 e. The van der Waals surface area contributed by atoms with Crippen molar-refractivity contribution in [3.63, 3.8) is 0 Å². The van der Waals surface area contributed by atoms with Crippen molar-refractivity contribution in [2.24, 2.45) is 5.92 Å². The fourth-order valence-corrected chi connectivity index (χ4v) is 5.86. The molecule has 10 heteroatoms. The fourth-order valence-electron chi connectivity index (χ4n) is 3.90. The second-order valence-corrected chi connectivity index (χ2v) is 11.0. The molecule has 3 aromatic rings. The number of rotatable bonds is 5. The van der Waals surface area contributed by atoms with Gasteiger partial charge in [0.15, 0.2) is 0 Å². The highest BCUT2D eigenvalue weighted by Gasteiger charge is 2.33. The molecule has 174 valence electrons. The van der Waals surface area contributed by atoms with Crippen LogP contribution in [-0.4, -0.2) is 41.9 Å². The van der Waals surface area contributed by atoms with Gasteiger partial charge in [-0.05, 0) is 62.1 Å². The first kappa shape index (κ1) is 23.6. The van der Waals surface area contributed by atoms with Crippen LogP contribution in [0.2, 0.25) is 0 Å². The topological polar surface area (TPSA) is 105 Å². The molecule has 0 aliphatic carbocycles. The summed E-state index contributed by atoms with van der Waals surface area (Å²) in [6, 6.07) is 10.8. The van der Waals surface area contributed by atoms with Crippen LogP contribution >= 0.6 is 15.9 Å². The van der Waals surface area contributed by atoms with Crippen LogP contribution < -0.4 is 5.32 Å². The van der Waals surface area contributed by atoms with Crippen molar-refractivity contribution in [2.75, 3.05) is 18.4 Å². The molecule has 1 saturated heterocycles. The molecule has 0 unspecified atom stereocenters. The number of benzene rings is 2. The minimum absolute atomic E-state index is 0.0839. The number of aromatic nitrogens is 2. The molecule has 1 N–H and O–H groups in total. The van der Waals surface area contributed by atoms with Gasteiger partial charge in [0.2, 0.25) is 27.6 Å². The van der Waals surface area contributed by atoms with Crippen LogP contribution in [-0.2, 0) is 14.8 Å². The average Bonchev–Trinajstić information content (AvgIpc) is 3.23. The standard InChI is InChI=1S/C23H25BrN4O4S/c1-14-4-5-18(22-25-16(3)32-27-22)13-21(14)33(30,31)28-10-8-17(9-11-28)23(29)26-19-6-7-20(24)15(2)12-19/h4-7,12-13,17H,8-11H2,1-3H3,(H,26,29). The van der Waals surface area contributed by atoms with Crippen LogP contribution in [0.1, 0.15) is 29.9 Å². The monoisotopic (exact) mass is 532 g/mol. The Kier molecular flexibility index (Phi) is 6.69. The smallest absolute Gasteiger partial charge is 0.243 e. The number of amides is 1. The van der Waals surface area contributed by atoms with E-state index in [0.29, 0.717) is 35.7 Å². The van der Waals surface area contributed by atoms with Gasteiger partial charge >= 0.3 is 0 Å². The van der Waals surface area contributed by atoms with E-state index in [1.807, 2.05) is 25.1 Å². The molecule has 0 atom stereocenters. The molecular formula is C23H25BrN4O4S. The van der Waals surface area contributed by atoms with Gasteiger partial charge in [0.25, 0.3) is 0 Å². The lowest BCUT2D eigenvalue weighted by Crippen LogP contribution is -2.41. The van der Waals surface area contributed by atoms with E-state index < -0.39 is 10.0 Å². The van der Waals surface area contributed by atoms with Crippen LogP contribution in [0.15, 0.2) is 50.3 Å². The molecular weight excluding hydrogens is 508 g/mol. The summed E-state index contributed by atoms with van der Waals surface area (Å²) in [5, 5.41) is 6.83. The first-order chi connectivity index (χ1) is 15.6. The molecule has 33 heavy (non-hydrogen) atoms. The van der Waals surface area contributed by atoms with Crippen molar-refractivity contribution in [2.45, 2.75) is 38.5 Å². The predicted octanol–water partition coefficient (Wildman–Crippen LogP) is 4.46. The van der Waals surface area contributed by atoms with E-state index >= 15 is 0 Å². The van der Waals surface area contributed by atoms with Crippen molar-refractivity contribution in [3.8, 4) is 11.4 Å². The molecule has 0 radical (unpaired) electrons. The Morgan fingerprint density at radius 2 is 1.82 bits per heavy atom. The van der Waals surface area contributed by atoms with Gasteiger partial charge in [-0.2, -0.15) is 9.29 Å². The molecule has 0 spiro atoms. The van der Waals surface area contributed by atoms with Crippen molar-refractivity contribution < 1.29 is 17.7 Å². The molecule has 1 aliphatic heterocycles. The van der Waals surface area contributed by atoms with Crippen LogP contribution in [0.3, 0.4) is 0 Å². The van der Waals surface area contributed by atoms with Crippen LogP contribution in [0.4, 0.5) is 5.69 Å². The zero-order valence-corrected chi connectivity index (χ0v) is 21.0. The summed E-state index contributed by atoms with van der Waals surface area (Å²) < 4.78 is 34.2. The number of aryl methyl sites for hydroxylation is 3. The first-order valence-electron chi connectivity index (χ1n) is 10.6. The number of nitrogens with zero attached hydrogens (tertiary/aromatic N) is 3. The maximum atomic E-state index is 13.4. The highest BCUT2D eigenvalue weighted by molar-refractivity contribution is 9.10. The molecule has 4 rings (SSSR count). The molecule has 1 fully saturated rings. The second kappa shape index (κ2) is 9.36.